The largest absolute Gasteiger partial charge is 0.295 e. The number of hydrogen-bond donors (Lipinski definition) is 0. The van der Waals surface area contributed by atoms with Crippen LogP contribution in [0.25, 0.3) is 0 Å². The van der Waals surface area contributed by atoms with Gasteiger partial charge in [0.05, 0.1) is 6.54 Å². The van der Waals surface area contributed by atoms with E-state index in [2.05, 4.69) is 15.0 Å². The fourth-order valence-corrected chi connectivity index (χ4v) is 1.76. The highest BCUT2D eigenvalue weighted by atomic mass is 35.5. The first kappa shape index (κ1) is 8.97. The number of rotatable bonds is 3. The molecule has 1 aromatic rings. The maximum Gasteiger partial charge on any atom is 0.140 e. The first-order valence-corrected chi connectivity index (χ1v) is 4.94. The summed E-state index contributed by atoms with van der Waals surface area (Å²) in [6, 6.07) is 0. The molecule has 0 aromatic carbocycles. The third-order valence-corrected chi connectivity index (χ3v) is 2.86. The summed E-state index contributed by atoms with van der Waals surface area (Å²) >= 11 is 5.72. The summed E-state index contributed by atoms with van der Waals surface area (Å²) in [4.78, 5) is 6.50. The van der Waals surface area contributed by atoms with Crippen LogP contribution in [0.15, 0.2) is 6.33 Å². The molecule has 0 radical (unpaired) electrons. The van der Waals surface area contributed by atoms with Gasteiger partial charge in [0.25, 0.3) is 0 Å². The Balaban J connectivity index is 1.84. The summed E-state index contributed by atoms with van der Waals surface area (Å²) in [6.07, 6.45) is 1.59. The SMILES string of the molecule is Cn1ncnc1CN1CC(CCl)C1. The van der Waals surface area contributed by atoms with E-state index in [1.165, 1.54) is 0 Å². The van der Waals surface area contributed by atoms with Crippen LogP contribution in [-0.4, -0.2) is 38.6 Å². The molecular weight excluding hydrogens is 188 g/mol. The van der Waals surface area contributed by atoms with E-state index >= 15 is 0 Å². The zero-order chi connectivity index (χ0) is 9.26. The van der Waals surface area contributed by atoms with Gasteiger partial charge in [-0.15, -0.1) is 11.6 Å². The van der Waals surface area contributed by atoms with E-state index in [4.69, 9.17) is 11.6 Å². The maximum atomic E-state index is 5.72. The highest BCUT2D eigenvalue weighted by Crippen LogP contribution is 2.18. The molecule has 1 aliphatic heterocycles. The van der Waals surface area contributed by atoms with Crippen molar-refractivity contribution in [1.29, 1.82) is 0 Å². The lowest BCUT2D eigenvalue weighted by molar-refractivity contribution is 0.102. The van der Waals surface area contributed by atoms with Gasteiger partial charge in [0.2, 0.25) is 0 Å². The maximum absolute atomic E-state index is 5.72. The normalized spacial score (nSPS) is 18.9. The summed E-state index contributed by atoms with van der Waals surface area (Å²) < 4.78 is 1.81. The molecule has 72 valence electrons. The minimum atomic E-state index is 0.676. The minimum absolute atomic E-state index is 0.676. The van der Waals surface area contributed by atoms with Crippen LogP contribution in [0.4, 0.5) is 0 Å². The highest BCUT2D eigenvalue weighted by molar-refractivity contribution is 6.18. The molecule has 0 atom stereocenters. The molecule has 0 amide bonds. The van der Waals surface area contributed by atoms with Gasteiger partial charge in [0.15, 0.2) is 0 Å². The Morgan fingerprint density at radius 1 is 1.62 bits per heavy atom. The van der Waals surface area contributed by atoms with Gasteiger partial charge in [-0.2, -0.15) is 5.10 Å². The molecule has 0 aliphatic carbocycles. The zero-order valence-electron chi connectivity index (χ0n) is 7.65. The van der Waals surface area contributed by atoms with Crippen LogP contribution in [0.3, 0.4) is 0 Å². The van der Waals surface area contributed by atoms with Crippen molar-refractivity contribution in [2.45, 2.75) is 6.54 Å². The number of halogens is 1. The van der Waals surface area contributed by atoms with E-state index in [1.54, 1.807) is 6.33 Å². The van der Waals surface area contributed by atoms with Crippen LogP contribution in [0, 0.1) is 5.92 Å². The Labute approximate surface area is 82.5 Å². The number of hydrogen-bond acceptors (Lipinski definition) is 3. The molecule has 2 heterocycles. The third-order valence-electron chi connectivity index (χ3n) is 2.42. The van der Waals surface area contributed by atoms with E-state index in [9.17, 15) is 0 Å². The molecule has 1 saturated heterocycles. The molecule has 0 unspecified atom stereocenters. The van der Waals surface area contributed by atoms with Crippen LogP contribution in [0.2, 0.25) is 0 Å². The molecule has 0 N–H and O–H groups in total. The second kappa shape index (κ2) is 3.64. The van der Waals surface area contributed by atoms with Gasteiger partial charge in [-0.1, -0.05) is 0 Å². The van der Waals surface area contributed by atoms with Crippen LogP contribution in [0.1, 0.15) is 5.82 Å². The zero-order valence-corrected chi connectivity index (χ0v) is 8.41. The van der Waals surface area contributed by atoms with Crippen LogP contribution < -0.4 is 0 Å². The first-order valence-electron chi connectivity index (χ1n) is 4.41. The molecule has 5 heteroatoms. The molecule has 0 spiro atoms. The molecule has 13 heavy (non-hydrogen) atoms. The van der Waals surface area contributed by atoms with Crippen molar-refractivity contribution >= 4 is 11.6 Å². The molecule has 0 saturated carbocycles. The Kier molecular flexibility index (Phi) is 2.51. The molecule has 0 bridgehead atoms. The number of aryl methyl sites for hydroxylation is 1. The Bertz CT molecular complexity index is 279. The molecular formula is C8H13ClN4. The van der Waals surface area contributed by atoms with Crippen molar-refractivity contribution in [1.82, 2.24) is 19.7 Å². The van der Waals surface area contributed by atoms with Gasteiger partial charge in [-0.3, -0.25) is 9.58 Å². The number of nitrogens with zero attached hydrogens (tertiary/aromatic N) is 4. The quantitative estimate of drug-likeness (QED) is 0.666. The van der Waals surface area contributed by atoms with E-state index in [0.717, 1.165) is 31.3 Å². The van der Waals surface area contributed by atoms with Gasteiger partial charge in [0, 0.05) is 26.0 Å². The predicted molar refractivity (Wildman–Crippen MR) is 50.5 cm³/mol. The topological polar surface area (TPSA) is 34.0 Å². The van der Waals surface area contributed by atoms with Crippen LogP contribution in [0.5, 0.6) is 0 Å². The monoisotopic (exact) mass is 200 g/mol. The fourth-order valence-electron chi connectivity index (χ4n) is 1.57. The second-order valence-electron chi connectivity index (χ2n) is 3.51. The highest BCUT2D eigenvalue weighted by Gasteiger charge is 2.26. The van der Waals surface area contributed by atoms with Gasteiger partial charge in [0.1, 0.15) is 12.2 Å². The summed E-state index contributed by atoms with van der Waals surface area (Å²) in [5, 5.41) is 4.02. The van der Waals surface area contributed by atoms with Crippen molar-refractivity contribution in [3.63, 3.8) is 0 Å². The summed E-state index contributed by atoms with van der Waals surface area (Å²) in [6.45, 7) is 3.08. The third kappa shape index (κ3) is 1.84. The molecule has 4 nitrogen and oxygen atoms in total. The fraction of sp³-hybridized carbons (Fsp3) is 0.750. The van der Waals surface area contributed by atoms with Gasteiger partial charge in [-0.05, 0) is 5.92 Å². The lowest BCUT2D eigenvalue weighted by atomic mass is 10.0. The van der Waals surface area contributed by atoms with E-state index in [0.29, 0.717) is 5.92 Å². The van der Waals surface area contributed by atoms with Crippen molar-refractivity contribution in [2.75, 3.05) is 19.0 Å². The van der Waals surface area contributed by atoms with Crippen molar-refractivity contribution in [3.05, 3.63) is 12.2 Å². The lowest BCUT2D eigenvalue weighted by Gasteiger charge is -2.37. The number of aromatic nitrogens is 3. The van der Waals surface area contributed by atoms with Crippen molar-refractivity contribution in [3.8, 4) is 0 Å². The van der Waals surface area contributed by atoms with Crippen LogP contribution >= 0.6 is 11.6 Å². The average molecular weight is 201 g/mol. The van der Waals surface area contributed by atoms with Crippen molar-refractivity contribution < 1.29 is 0 Å². The number of alkyl halides is 1. The lowest BCUT2D eigenvalue weighted by Crippen LogP contribution is -2.47. The second-order valence-corrected chi connectivity index (χ2v) is 3.82. The van der Waals surface area contributed by atoms with E-state index < -0.39 is 0 Å². The average Bonchev–Trinajstić information content (AvgIpc) is 2.43. The van der Waals surface area contributed by atoms with Crippen molar-refractivity contribution in [2.24, 2.45) is 13.0 Å². The van der Waals surface area contributed by atoms with Gasteiger partial charge >= 0.3 is 0 Å². The summed E-state index contributed by atoms with van der Waals surface area (Å²) in [7, 11) is 1.92. The Morgan fingerprint density at radius 2 is 2.38 bits per heavy atom. The summed E-state index contributed by atoms with van der Waals surface area (Å²) in [5.41, 5.74) is 0. The minimum Gasteiger partial charge on any atom is -0.295 e. The van der Waals surface area contributed by atoms with Gasteiger partial charge < -0.3 is 0 Å². The molecule has 1 aromatic heterocycles. The standard InChI is InChI=1S/C8H13ClN4/c1-12-8(10-6-11-12)5-13-3-7(2-9)4-13/h6-7H,2-5H2,1H3. The smallest absolute Gasteiger partial charge is 0.140 e. The van der Waals surface area contributed by atoms with E-state index in [1.807, 2.05) is 11.7 Å². The first-order chi connectivity index (χ1) is 6.29. The molecule has 2 rings (SSSR count). The molecule has 1 aliphatic rings. The van der Waals surface area contributed by atoms with E-state index in [-0.39, 0.29) is 0 Å². The Hall–Kier alpha value is -0.610. The predicted octanol–water partition coefficient (Wildman–Crippen LogP) is 0.486. The van der Waals surface area contributed by atoms with Gasteiger partial charge in [-0.25, -0.2) is 4.98 Å². The number of likely N-dealkylation sites (tertiary alicyclic amines) is 1. The summed E-state index contributed by atoms with van der Waals surface area (Å²) in [5.74, 6) is 2.47. The van der Waals surface area contributed by atoms with Crippen LogP contribution in [-0.2, 0) is 13.6 Å². The molecule has 1 fully saturated rings. The Morgan fingerprint density at radius 3 is 2.92 bits per heavy atom.